The molecule has 0 saturated heterocycles. The van der Waals surface area contributed by atoms with Crippen molar-refractivity contribution in [2.24, 2.45) is 0 Å². The van der Waals surface area contributed by atoms with Crippen LogP contribution in [-0.2, 0) is 17.6 Å². The molecule has 0 atom stereocenters. The Hall–Kier alpha value is -2.65. The average molecular weight is 433 g/mol. The minimum Gasteiger partial charge on any atom is -0.356 e. The van der Waals surface area contributed by atoms with E-state index < -0.39 is 11.7 Å². The molecule has 0 aliphatic heterocycles. The van der Waals surface area contributed by atoms with Crippen molar-refractivity contribution in [2.45, 2.75) is 32.6 Å². The highest BCUT2D eigenvalue weighted by Crippen LogP contribution is 2.18. The molecule has 3 aromatic rings. The summed E-state index contributed by atoms with van der Waals surface area (Å²) < 4.78 is 13.7. The Morgan fingerprint density at radius 2 is 1.93 bits per heavy atom. The molecule has 3 rings (SSSR count). The molecule has 2 amide bonds. The van der Waals surface area contributed by atoms with Crippen molar-refractivity contribution in [3.8, 4) is 0 Å². The van der Waals surface area contributed by atoms with E-state index in [9.17, 15) is 14.0 Å². The Balaban J connectivity index is 1.38. The molecule has 1 aromatic carbocycles. The summed E-state index contributed by atoms with van der Waals surface area (Å²) in [6, 6.07) is 5.74. The third-order valence-electron chi connectivity index (χ3n) is 4.04. The molecular formula is C20H21FN4O2S2. The first-order chi connectivity index (χ1) is 14.0. The summed E-state index contributed by atoms with van der Waals surface area (Å²) in [5, 5.41) is 10.6. The molecule has 9 heteroatoms. The van der Waals surface area contributed by atoms with E-state index in [0.717, 1.165) is 30.0 Å². The number of hydrogen-bond donors (Lipinski definition) is 2. The number of nitrogens with zero attached hydrogens (tertiary/aromatic N) is 2. The van der Waals surface area contributed by atoms with Gasteiger partial charge in [0.25, 0.3) is 5.91 Å². The lowest BCUT2D eigenvalue weighted by Crippen LogP contribution is -2.26. The van der Waals surface area contributed by atoms with E-state index in [2.05, 4.69) is 20.6 Å². The molecule has 0 fully saturated rings. The van der Waals surface area contributed by atoms with Gasteiger partial charge in [-0.2, -0.15) is 0 Å². The first kappa shape index (κ1) is 21.1. The van der Waals surface area contributed by atoms with E-state index in [-0.39, 0.29) is 17.9 Å². The standard InChI is InChI=1S/C20H21FN4O2S2/c1-13-11-28-18(23-13)8-4-5-9-22-17(26)10-14-12-29-20(24-14)25-19(27)15-6-2-3-7-16(15)21/h2-3,6-7,11-12H,4-5,8-10H2,1H3,(H,22,26)(H,24,25,27). The Bertz CT molecular complexity index is 986. The van der Waals surface area contributed by atoms with Crippen LogP contribution in [0.5, 0.6) is 0 Å². The summed E-state index contributed by atoms with van der Waals surface area (Å²) in [5.41, 5.74) is 1.57. The number of hydrogen-bond acceptors (Lipinski definition) is 6. The molecule has 2 aromatic heterocycles. The van der Waals surface area contributed by atoms with Crippen molar-refractivity contribution in [1.29, 1.82) is 0 Å². The number of carbonyl (C=O) groups excluding carboxylic acids is 2. The highest BCUT2D eigenvalue weighted by Gasteiger charge is 2.14. The third kappa shape index (κ3) is 6.43. The number of carbonyl (C=O) groups is 2. The number of halogens is 1. The maximum atomic E-state index is 13.7. The largest absolute Gasteiger partial charge is 0.356 e. The highest BCUT2D eigenvalue weighted by atomic mass is 32.1. The van der Waals surface area contributed by atoms with Crippen LogP contribution in [0.4, 0.5) is 9.52 Å². The van der Waals surface area contributed by atoms with E-state index in [1.54, 1.807) is 22.8 Å². The predicted molar refractivity (Wildman–Crippen MR) is 113 cm³/mol. The fraction of sp³-hybridized carbons (Fsp3) is 0.300. The number of thiazole rings is 2. The summed E-state index contributed by atoms with van der Waals surface area (Å²) in [6.45, 7) is 2.58. The van der Waals surface area contributed by atoms with Crippen molar-refractivity contribution in [1.82, 2.24) is 15.3 Å². The second kappa shape index (κ2) is 10.2. The Morgan fingerprint density at radius 3 is 2.69 bits per heavy atom. The SMILES string of the molecule is Cc1csc(CCCCNC(=O)Cc2csc(NC(=O)c3ccccc3F)n2)n1. The van der Waals surface area contributed by atoms with Crippen LogP contribution >= 0.6 is 22.7 Å². The van der Waals surface area contributed by atoms with Crippen molar-refractivity contribution in [3.05, 3.63) is 62.8 Å². The number of nitrogens with one attached hydrogen (secondary N) is 2. The van der Waals surface area contributed by atoms with Crippen molar-refractivity contribution in [2.75, 3.05) is 11.9 Å². The lowest BCUT2D eigenvalue weighted by Gasteiger charge is -2.04. The van der Waals surface area contributed by atoms with Crippen LogP contribution in [0, 0.1) is 12.7 Å². The number of aryl methyl sites for hydroxylation is 2. The molecule has 0 bridgehead atoms. The van der Waals surface area contributed by atoms with Crippen LogP contribution in [0.1, 0.15) is 39.6 Å². The second-order valence-corrected chi connectivity index (χ2v) is 8.25. The molecule has 29 heavy (non-hydrogen) atoms. The second-order valence-electron chi connectivity index (χ2n) is 6.44. The van der Waals surface area contributed by atoms with Crippen LogP contribution in [0.3, 0.4) is 0 Å². The fourth-order valence-corrected chi connectivity index (χ4v) is 4.15. The van der Waals surface area contributed by atoms with Crippen LogP contribution in [0.15, 0.2) is 35.0 Å². The number of amides is 2. The maximum absolute atomic E-state index is 13.7. The minimum absolute atomic E-state index is 0.0464. The summed E-state index contributed by atoms with van der Waals surface area (Å²) >= 11 is 2.87. The monoisotopic (exact) mass is 432 g/mol. The summed E-state index contributed by atoms with van der Waals surface area (Å²) in [5.74, 6) is -1.28. The van der Waals surface area contributed by atoms with Gasteiger partial charge in [-0.15, -0.1) is 22.7 Å². The number of anilines is 1. The lowest BCUT2D eigenvalue weighted by molar-refractivity contribution is -0.120. The van der Waals surface area contributed by atoms with Crippen molar-refractivity contribution in [3.63, 3.8) is 0 Å². The fourth-order valence-electron chi connectivity index (χ4n) is 2.63. The van der Waals surface area contributed by atoms with Gasteiger partial charge in [0, 0.05) is 23.0 Å². The van der Waals surface area contributed by atoms with Gasteiger partial charge in [-0.3, -0.25) is 14.9 Å². The average Bonchev–Trinajstić information content (AvgIpc) is 3.30. The molecule has 6 nitrogen and oxygen atoms in total. The number of benzene rings is 1. The Morgan fingerprint density at radius 1 is 1.10 bits per heavy atom. The molecule has 0 spiro atoms. The van der Waals surface area contributed by atoms with Gasteiger partial charge in [0.05, 0.1) is 22.7 Å². The zero-order valence-corrected chi connectivity index (χ0v) is 17.5. The summed E-state index contributed by atoms with van der Waals surface area (Å²) in [7, 11) is 0. The van der Waals surface area contributed by atoms with E-state index in [4.69, 9.17) is 0 Å². The van der Waals surface area contributed by atoms with Crippen LogP contribution < -0.4 is 10.6 Å². The van der Waals surface area contributed by atoms with Gasteiger partial charge < -0.3 is 5.32 Å². The highest BCUT2D eigenvalue weighted by molar-refractivity contribution is 7.14. The first-order valence-electron chi connectivity index (χ1n) is 9.19. The zero-order chi connectivity index (χ0) is 20.6. The predicted octanol–water partition coefficient (Wildman–Crippen LogP) is 3.98. The molecular weight excluding hydrogens is 411 g/mol. The smallest absolute Gasteiger partial charge is 0.260 e. The number of rotatable bonds is 9. The minimum atomic E-state index is -0.592. The van der Waals surface area contributed by atoms with E-state index in [1.807, 2.05) is 12.3 Å². The van der Waals surface area contributed by atoms with Gasteiger partial charge in [0.15, 0.2) is 5.13 Å². The van der Waals surface area contributed by atoms with Gasteiger partial charge in [-0.1, -0.05) is 12.1 Å². The molecule has 2 heterocycles. The topological polar surface area (TPSA) is 84.0 Å². The van der Waals surface area contributed by atoms with E-state index in [1.165, 1.54) is 29.5 Å². The van der Waals surface area contributed by atoms with Gasteiger partial charge in [0.2, 0.25) is 5.91 Å². The van der Waals surface area contributed by atoms with Crippen LogP contribution in [0.2, 0.25) is 0 Å². The number of aromatic nitrogens is 2. The van der Waals surface area contributed by atoms with Gasteiger partial charge in [-0.25, -0.2) is 14.4 Å². The van der Waals surface area contributed by atoms with E-state index >= 15 is 0 Å². The third-order valence-corrected chi connectivity index (χ3v) is 5.87. The molecule has 0 unspecified atom stereocenters. The quantitative estimate of drug-likeness (QED) is 0.501. The van der Waals surface area contributed by atoms with Gasteiger partial charge in [0.1, 0.15) is 5.82 Å². The summed E-state index contributed by atoms with van der Waals surface area (Å²) in [4.78, 5) is 32.8. The molecule has 0 radical (unpaired) electrons. The maximum Gasteiger partial charge on any atom is 0.260 e. The van der Waals surface area contributed by atoms with Crippen molar-refractivity contribution >= 4 is 39.6 Å². The normalized spacial score (nSPS) is 10.7. The van der Waals surface area contributed by atoms with Crippen LogP contribution in [0.25, 0.3) is 0 Å². The molecule has 0 saturated carbocycles. The van der Waals surface area contributed by atoms with Gasteiger partial charge >= 0.3 is 0 Å². The first-order valence-corrected chi connectivity index (χ1v) is 10.9. The van der Waals surface area contributed by atoms with E-state index in [0.29, 0.717) is 17.4 Å². The Kier molecular flexibility index (Phi) is 7.42. The summed E-state index contributed by atoms with van der Waals surface area (Å²) in [6.07, 6.45) is 2.91. The molecule has 2 N–H and O–H groups in total. The van der Waals surface area contributed by atoms with Crippen molar-refractivity contribution < 1.29 is 14.0 Å². The van der Waals surface area contributed by atoms with Crippen LogP contribution in [-0.4, -0.2) is 28.3 Å². The molecule has 152 valence electrons. The Labute approximate surface area is 176 Å². The zero-order valence-electron chi connectivity index (χ0n) is 15.9. The molecule has 0 aliphatic rings. The number of unbranched alkanes of at least 4 members (excludes halogenated alkanes) is 1. The lowest BCUT2D eigenvalue weighted by atomic mass is 10.2. The van der Waals surface area contributed by atoms with Gasteiger partial charge in [-0.05, 0) is 38.3 Å². The molecule has 0 aliphatic carbocycles.